The summed E-state index contributed by atoms with van der Waals surface area (Å²) in [5, 5.41) is 3.86. The minimum absolute atomic E-state index is 0.168. The van der Waals surface area contributed by atoms with Crippen molar-refractivity contribution in [3.63, 3.8) is 0 Å². The number of amides is 1. The largest absolute Gasteiger partial charge is 0.465 e. The molecule has 1 aliphatic rings. The number of carbonyl (C=O) groups excluding carboxylic acids is 2. The van der Waals surface area contributed by atoms with E-state index in [9.17, 15) is 14.4 Å². The minimum atomic E-state index is -0.442. The summed E-state index contributed by atoms with van der Waals surface area (Å²) in [6.07, 6.45) is 4.92. The fourth-order valence-electron chi connectivity index (χ4n) is 3.77. The van der Waals surface area contributed by atoms with Crippen molar-refractivity contribution < 1.29 is 14.3 Å². The molecule has 1 aliphatic carbocycles. The number of carbonyl (C=O) groups is 2. The lowest BCUT2D eigenvalue weighted by molar-refractivity contribution is -0.116. The van der Waals surface area contributed by atoms with Crippen LogP contribution in [0.2, 0.25) is 0 Å². The molecule has 1 atom stereocenters. The van der Waals surface area contributed by atoms with Gasteiger partial charge in [0, 0.05) is 9.75 Å². The van der Waals surface area contributed by atoms with Crippen LogP contribution in [0.3, 0.4) is 0 Å². The zero-order valence-electron chi connectivity index (χ0n) is 17.1. The standard InChI is InChI=1S/C21H23N3O4S2/c1-4-12-8-14-18(29-12)22-10-24(20(14)26)9-16(25)23-19-17(21(27)28-3)13-6-5-11(2)7-15(13)30-19/h8,10-11H,4-7,9H2,1-3H3,(H,23,25). The molecule has 0 bridgehead atoms. The minimum Gasteiger partial charge on any atom is -0.465 e. The van der Waals surface area contributed by atoms with Gasteiger partial charge in [0.1, 0.15) is 16.4 Å². The Labute approximate surface area is 181 Å². The van der Waals surface area contributed by atoms with E-state index in [2.05, 4.69) is 17.2 Å². The number of nitrogens with one attached hydrogen (secondary N) is 1. The quantitative estimate of drug-likeness (QED) is 0.606. The number of aromatic nitrogens is 2. The van der Waals surface area contributed by atoms with Gasteiger partial charge in [-0.05, 0) is 43.2 Å². The van der Waals surface area contributed by atoms with Crippen LogP contribution in [-0.4, -0.2) is 28.5 Å². The number of methoxy groups -OCH3 is 1. The summed E-state index contributed by atoms with van der Waals surface area (Å²) in [7, 11) is 1.34. The Morgan fingerprint density at radius 1 is 1.37 bits per heavy atom. The number of thiophene rings is 2. The first-order valence-corrected chi connectivity index (χ1v) is 11.5. The molecule has 7 nitrogen and oxygen atoms in total. The number of hydrogen-bond donors (Lipinski definition) is 1. The summed E-state index contributed by atoms with van der Waals surface area (Å²) < 4.78 is 6.26. The van der Waals surface area contributed by atoms with Gasteiger partial charge in [0.05, 0.1) is 24.4 Å². The summed E-state index contributed by atoms with van der Waals surface area (Å²) in [5.41, 5.74) is 1.19. The summed E-state index contributed by atoms with van der Waals surface area (Å²) in [4.78, 5) is 45.1. The lowest BCUT2D eigenvalue weighted by atomic mass is 9.88. The van der Waals surface area contributed by atoms with Gasteiger partial charge >= 0.3 is 5.97 Å². The molecule has 0 spiro atoms. The molecule has 0 saturated carbocycles. The molecule has 30 heavy (non-hydrogen) atoms. The number of rotatable bonds is 5. The van der Waals surface area contributed by atoms with E-state index >= 15 is 0 Å². The predicted octanol–water partition coefficient (Wildman–Crippen LogP) is 3.63. The molecule has 4 rings (SSSR count). The molecule has 1 unspecified atom stereocenters. The van der Waals surface area contributed by atoms with Gasteiger partial charge in [0.2, 0.25) is 5.91 Å². The van der Waals surface area contributed by atoms with Gasteiger partial charge in [-0.1, -0.05) is 13.8 Å². The predicted molar refractivity (Wildman–Crippen MR) is 119 cm³/mol. The van der Waals surface area contributed by atoms with Crippen LogP contribution in [0.4, 0.5) is 5.00 Å². The second-order valence-corrected chi connectivity index (χ2v) is 9.78. The van der Waals surface area contributed by atoms with E-state index in [0.717, 1.165) is 41.0 Å². The lowest BCUT2D eigenvalue weighted by Crippen LogP contribution is -2.27. The molecule has 3 heterocycles. The molecule has 0 saturated heterocycles. The second kappa shape index (κ2) is 8.31. The first-order chi connectivity index (χ1) is 14.4. The van der Waals surface area contributed by atoms with Crippen LogP contribution in [-0.2, 0) is 35.3 Å². The van der Waals surface area contributed by atoms with Gasteiger partial charge in [0.15, 0.2) is 0 Å². The number of hydrogen-bond acceptors (Lipinski definition) is 7. The van der Waals surface area contributed by atoms with Crippen molar-refractivity contribution in [2.75, 3.05) is 12.4 Å². The Balaban J connectivity index is 1.60. The summed E-state index contributed by atoms with van der Waals surface area (Å²) >= 11 is 2.92. The monoisotopic (exact) mass is 445 g/mol. The van der Waals surface area contributed by atoms with Crippen LogP contribution in [0, 0.1) is 5.92 Å². The molecule has 9 heteroatoms. The highest BCUT2D eigenvalue weighted by molar-refractivity contribution is 7.18. The SMILES string of the molecule is CCc1cc2c(=O)n(CC(=O)Nc3sc4c(c3C(=O)OC)CCC(C)C4)cnc2s1. The summed E-state index contributed by atoms with van der Waals surface area (Å²) in [5.74, 6) is -0.274. The van der Waals surface area contributed by atoms with E-state index in [1.807, 2.05) is 13.0 Å². The van der Waals surface area contributed by atoms with Crippen molar-refractivity contribution >= 4 is 49.8 Å². The van der Waals surface area contributed by atoms with Gasteiger partial charge in [-0.2, -0.15) is 0 Å². The Bertz CT molecular complexity index is 1190. The number of aryl methyl sites for hydroxylation is 1. The highest BCUT2D eigenvalue weighted by Gasteiger charge is 2.29. The summed E-state index contributed by atoms with van der Waals surface area (Å²) in [6.45, 7) is 4.04. The average Bonchev–Trinajstić information content (AvgIpc) is 3.30. The van der Waals surface area contributed by atoms with E-state index < -0.39 is 5.97 Å². The molecule has 0 aromatic carbocycles. The fourth-order valence-corrected chi connectivity index (χ4v) is 6.11. The lowest BCUT2D eigenvalue weighted by Gasteiger charge is -2.18. The highest BCUT2D eigenvalue weighted by Crippen LogP contribution is 2.40. The second-order valence-electron chi connectivity index (χ2n) is 7.56. The fraction of sp³-hybridized carbons (Fsp3) is 0.429. The average molecular weight is 446 g/mol. The Hall–Kier alpha value is -2.52. The third kappa shape index (κ3) is 3.79. The molecule has 1 amide bonds. The third-order valence-electron chi connectivity index (χ3n) is 5.39. The van der Waals surface area contributed by atoms with Gasteiger partial charge in [-0.15, -0.1) is 22.7 Å². The van der Waals surface area contributed by atoms with Crippen LogP contribution in [0.15, 0.2) is 17.2 Å². The van der Waals surface area contributed by atoms with Gasteiger partial charge in [0.25, 0.3) is 5.56 Å². The molecule has 3 aromatic rings. The first kappa shape index (κ1) is 20.7. The summed E-state index contributed by atoms with van der Waals surface area (Å²) in [6, 6.07) is 1.84. The van der Waals surface area contributed by atoms with Crippen molar-refractivity contribution in [2.24, 2.45) is 5.92 Å². The number of anilines is 1. The zero-order chi connectivity index (χ0) is 21.4. The maximum absolute atomic E-state index is 12.7. The number of nitrogens with zero attached hydrogens (tertiary/aromatic N) is 2. The van der Waals surface area contributed by atoms with Crippen LogP contribution in [0.25, 0.3) is 10.2 Å². The maximum atomic E-state index is 12.7. The number of ether oxygens (including phenoxy) is 1. The molecule has 1 N–H and O–H groups in total. The van der Waals surface area contributed by atoms with Crippen LogP contribution in [0.1, 0.15) is 45.9 Å². The van der Waals surface area contributed by atoms with Crippen LogP contribution >= 0.6 is 22.7 Å². The Morgan fingerprint density at radius 2 is 2.17 bits per heavy atom. The van der Waals surface area contributed by atoms with Gasteiger partial charge in [-0.3, -0.25) is 14.2 Å². The smallest absolute Gasteiger partial charge is 0.341 e. The first-order valence-electron chi connectivity index (χ1n) is 9.91. The van der Waals surface area contributed by atoms with E-state index in [0.29, 0.717) is 26.7 Å². The Kier molecular flexibility index (Phi) is 5.75. The van der Waals surface area contributed by atoms with E-state index in [4.69, 9.17) is 4.74 Å². The van der Waals surface area contributed by atoms with E-state index in [1.54, 1.807) is 0 Å². The van der Waals surface area contributed by atoms with Gasteiger partial charge in [-0.25, -0.2) is 9.78 Å². The Morgan fingerprint density at radius 3 is 2.90 bits per heavy atom. The molecule has 0 aliphatic heterocycles. The molecular formula is C21H23N3O4S2. The van der Waals surface area contributed by atoms with E-state index in [-0.39, 0.29) is 18.0 Å². The van der Waals surface area contributed by atoms with Crippen molar-refractivity contribution in [3.8, 4) is 0 Å². The molecule has 158 valence electrons. The topological polar surface area (TPSA) is 90.3 Å². The number of esters is 1. The van der Waals surface area contributed by atoms with Crippen molar-refractivity contribution in [1.82, 2.24) is 9.55 Å². The van der Waals surface area contributed by atoms with E-state index in [1.165, 1.54) is 40.7 Å². The number of fused-ring (bicyclic) bond motifs is 2. The molecular weight excluding hydrogens is 422 g/mol. The zero-order valence-corrected chi connectivity index (χ0v) is 18.7. The van der Waals surface area contributed by atoms with Crippen LogP contribution in [0.5, 0.6) is 0 Å². The van der Waals surface area contributed by atoms with Gasteiger partial charge < -0.3 is 10.1 Å². The third-order valence-corrected chi connectivity index (χ3v) is 7.74. The molecule has 0 fully saturated rings. The van der Waals surface area contributed by atoms with Crippen molar-refractivity contribution in [1.29, 1.82) is 0 Å². The highest BCUT2D eigenvalue weighted by atomic mass is 32.1. The van der Waals surface area contributed by atoms with Crippen molar-refractivity contribution in [3.05, 3.63) is 43.6 Å². The van der Waals surface area contributed by atoms with Crippen molar-refractivity contribution in [2.45, 2.75) is 46.1 Å². The van der Waals surface area contributed by atoms with Crippen LogP contribution < -0.4 is 10.9 Å². The normalized spacial score (nSPS) is 15.8. The molecule has 0 radical (unpaired) electrons. The molecule has 3 aromatic heterocycles. The maximum Gasteiger partial charge on any atom is 0.341 e.